The van der Waals surface area contributed by atoms with Gasteiger partial charge in [0.25, 0.3) is 0 Å². The minimum atomic E-state index is -0.336. The Balaban J connectivity index is 2.36. The van der Waals surface area contributed by atoms with Crippen LogP contribution < -0.4 is 0 Å². The van der Waals surface area contributed by atoms with Gasteiger partial charge >= 0.3 is 0 Å². The van der Waals surface area contributed by atoms with Gasteiger partial charge in [-0.3, -0.25) is 8.78 Å². The number of halogens is 2. The highest BCUT2D eigenvalue weighted by molar-refractivity contribution is 4.97. The minimum absolute atomic E-state index is 0.0324. The molecule has 0 nitrogen and oxygen atoms in total. The van der Waals surface area contributed by atoms with Crippen LogP contribution in [0.5, 0.6) is 0 Å². The monoisotopic (exact) mass is 148 g/mol. The van der Waals surface area contributed by atoms with Crippen LogP contribution in [-0.4, -0.2) is 13.3 Å². The lowest BCUT2D eigenvalue weighted by Crippen LogP contribution is -1.94. The molecule has 0 aromatic heterocycles. The van der Waals surface area contributed by atoms with Gasteiger partial charge in [-0.05, 0) is 23.7 Å². The van der Waals surface area contributed by atoms with E-state index in [9.17, 15) is 8.78 Å². The number of alkyl halides is 2. The summed E-state index contributed by atoms with van der Waals surface area (Å²) in [5, 5.41) is 0. The van der Waals surface area contributed by atoms with Gasteiger partial charge in [0.2, 0.25) is 0 Å². The lowest BCUT2D eigenvalue weighted by Gasteiger charge is -1.99. The maximum Gasteiger partial charge on any atom is 0.0929 e. The molecule has 0 aromatic carbocycles. The van der Waals surface area contributed by atoms with Crippen molar-refractivity contribution in [3.8, 4) is 0 Å². The first-order valence-corrected chi connectivity index (χ1v) is 3.84. The molecule has 1 aliphatic rings. The van der Waals surface area contributed by atoms with Gasteiger partial charge in [0.15, 0.2) is 0 Å². The normalized spacial score (nSPS) is 38.7. The first kappa shape index (κ1) is 7.96. The third-order valence-electron chi connectivity index (χ3n) is 2.52. The van der Waals surface area contributed by atoms with Gasteiger partial charge in [-0.2, -0.15) is 0 Å². The molecule has 0 bridgehead atoms. The Morgan fingerprint density at radius 1 is 1.10 bits per heavy atom. The van der Waals surface area contributed by atoms with E-state index in [1.54, 1.807) is 0 Å². The van der Waals surface area contributed by atoms with Crippen LogP contribution in [0.3, 0.4) is 0 Å². The lowest BCUT2D eigenvalue weighted by molar-refractivity contribution is 0.393. The predicted octanol–water partition coefficient (Wildman–Crippen LogP) is 2.44. The molecule has 60 valence electrons. The van der Waals surface area contributed by atoms with Crippen LogP contribution in [0, 0.1) is 23.7 Å². The summed E-state index contributed by atoms with van der Waals surface area (Å²) < 4.78 is 24.1. The van der Waals surface area contributed by atoms with Crippen molar-refractivity contribution in [1.29, 1.82) is 0 Å². The first-order chi connectivity index (χ1) is 4.72. The predicted molar refractivity (Wildman–Crippen MR) is 37.3 cm³/mol. The van der Waals surface area contributed by atoms with Crippen molar-refractivity contribution in [1.82, 2.24) is 0 Å². The quantitative estimate of drug-likeness (QED) is 0.576. The molecule has 0 aromatic rings. The van der Waals surface area contributed by atoms with Crippen LogP contribution in [0.15, 0.2) is 0 Å². The fourth-order valence-electron chi connectivity index (χ4n) is 1.90. The van der Waals surface area contributed by atoms with E-state index >= 15 is 0 Å². The molecule has 0 saturated heterocycles. The Bertz CT molecular complexity index is 102. The van der Waals surface area contributed by atoms with E-state index in [1.807, 2.05) is 13.8 Å². The van der Waals surface area contributed by atoms with Crippen molar-refractivity contribution in [2.45, 2.75) is 13.8 Å². The zero-order valence-corrected chi connectivity index (χ0v) is 6.48. The minimum Gasteiger partial charge on any atom is -0.251 e. The Labute approximate surface area is 60.6 Å². The van der Waals surface area contributed by atoms with Gasteiger partial charge < -0.3 is 0 Å². The first-order valence-electron chi connectivity index (χ1n) is 3.84. The second-order valence-electron chi connectivity index (χ2n) is 3.46. The van der Waals surface area contributed by atoms with Gasteiger partial charge in [0, 0.05) is 0 Å². The van der Waals surface area contributed by atoms with Crippen molar-refractivity contribution in [3.05, 3.63) is 0 Å². The molecule has 2 unspecified atom stereocenters. The molecule has 1 rings (SSSR count). The van der Waals surface area contributed by atoms with E-state index in [2.05, 4.69) is 0 Å². The molecule has 0 N–H and O–H groups in total. The smallest absolute Gasteiger partial charge is 0.0929 e. The summed E-state index contributed by atoms with van der Waals surface area (Å²) >= 11 is 0. The highest BCUT2D eigenvalue weighted by atomic mass is 19.1. The van der Waals surface area contributed by atoms with E-state index in [1.165, 1.54) is 0 Å². The Hall–Kier alpha value is -0.140. The average molecular weight is 148 g/mol. The van der Waals surface area contributed by atoms with E-state index in [0.29, 0.717) is 11.8 Å². The second-order valence-corrected chi connectivity index (χ2v) is 3.46. The van der Waals surface area contributed by atoms with Crippen molar-refractivity contribution >= 4 is 0 Å². The molecular formula is C8H14F2. The molecule has 0 heterocycles. The summed E-state index contributed by atoms with van der Waals surface area (Å²) in [6, 6.07) is 0. The zero-order valence-electron chi connectivity index (χ0n) is 6.48. The topological polar surface area (TPSA) is 0 Å². The largest absolute Gasteiger partial charge is 0.251 e. The summed E-state index contributed by atoms with van der Waals surface area (Å²) in [5.41, 5.74) is 0. The molecule has 1 saturated carbocycles. The molecule has 1 aliphatic carbocycles. The molecule has 0 aliphatic heterocycles. The number of hydrogen-bond acceptors (Lipinski definition) is 0. The van der Waals surface area contributed by atoms with Crippen molar-refractivity contribution in [2.24, 2.45) is 23.7 Å². The third-order valence-corrected chi connectivity index (χ3v) is 2.52. The zero-order chi connectivity index (χ0) is 7.72. The number of hydrogen-bond donors (Lipinski definition) is 0. The summed E-state index contributed by atoms with van der Waals surface area (Å²) in [6.07, 6.45) is 0. The summed E-state index contributed by atoms with van der Waals surface area (Å²) in [4.78, 5) is 0. The maximum atomic E-state index is 12.1. The fraction of sp³-hybridized carbons (Fsp3) is 1.00. The summed E-state index contributed by atoms with van der Waals surface area (Å²) in [6.45, 7) is 3.39. The van der Waals surface area contributed by atoms with Crippen LogP contribution in [0.1, 0.15) is 13.8 Å². The lowest BCUT2D eigenvalue weighted by atomic mass is 10.1. The molecule has 0 spiro atoms. The Kier molecular flexibility index (Phi) is 2.27. The Morgan fingerprint density at radius 3 is 1.60 bits per heavy atom. The Morgan fingerprint density at radius 2 is 1.50 bits per heavy atom. The summed E-state index contributed by atoms with van der Waals surface area (Å²) in [7, 11) is 0. The van der Waals surface area contributed by atoms with Gasteiger partial charge in [-0.1, -0.05) is 13.8 Å². The SMILES string of the molecule is CC(C)C1C(CF)C1CF. The highest BCUT2D eigenvalue weighted by Crippen LogP contribution is 2.51. The maximum absolute atomic E-state index is 12.1. The van der Waals surface area contributed by atoms with Crippen molar-refractivity contribution in [2.75, 3.05) is 13.3 Å². The average Bonchev–Trinajstić information content (AvgIpc) is 2.60. The van der Waals surface area contributed by atoms with E-state index < -0.39 is 0 Å². The molecule has 10 heavy (non-hydrogen) atoms. The molecule has 0 radical (unpaired) electrons. The molecule has 0 amide bonds. The van der Waals surface area contributed by atoms with Crippen LogP contribution in [0.25, 0.3) is 0 Å². The van der Waals surface area contributed by atoms with E-state index in [0.717, 1.165) is 0 Å². The standard InChI is InChI=1S/C8H14F2/c1-5(2)8-6(3-9)7(8)4-10/h5-8H,3-4H2,1-2H3. The van der Waals surface area contributed by atoms with Crippen LogP contribution >= 0.6 is 0 Å². The van der Waals surface area contributed by atoms with Crippen LogP contribution in [-0.2, 0) is 0 Å². The molecular weight excluding hydrogens is 134 g/mol. The number of rotatable bonds is 3. The highest BCUT2D eigenvalue weighted by Gasteiger charge is 2.51. The van der Waals surface area contributed by atoms with Gasteiger partial charge in [0.1, 0.15) is 0 Å². The van der Waals surface area contributed by atoms with Gasteiger partial charge in [-0.15, -0.1) is 0 Å². The van der Waals surface area contributed by atoms with E-state index in [-0.39, 0.29) is 25.2 Å². The van der Waals surface area contributed by atoms with Crippen molar-refractivity contribution < 1.29 is 8.78 Å². The fourth-order valence-corrected chi connectivity index (χ4v) is 1.90. The molecule has 2 heteroatoms. The second kappa shape index (κ2) is 2.85. The van der Waals surface area contributed by atoms with Gasteiger partial charge in [0.05, 0.1) is 13.3 Å². The van der Waals surface area contributed by atoms with E-state index in [4.69, 9.17) is 0 Å². The molecule has 1 fully saturated rings. The van der Waals surface area contributed by atoms with Crippen LogP contribution in [0.2, 0.25) is 0 Å². The molecule has 2 atom stereocenters. The van der Waals surface area contributed by atoms with Gasteiger partial charge in [-0.25, -0.2) is 0 Å². The third kappa shape index (κ3) is 1.16. The van der Waals surface area contributed by atoms with Crippen molar-refractivity contribution in [3.63, 3.8) is 0 Å². The summed E-state index contributed by atoms with van der Waals surface area (Å²) in [5.74, 6) is 0.825. The van der Waals surface area contributed by atoms with Crippen LogP contribution in [0.4, 0.5) is 8.78 Å².